The normalized spacial score (nSPS) is 21.4. The van der Waals surface area contributed by atoms with Crippen molar-refractivity contribution in [3.05, 3.63) is 75.4 Å². The van der Waals surface area contributed by atoms with Gasteiger partial charge in [0, 0.05) is 43.2 Å². The molecule has 2 aromatic carbocycles. The topological polar surface area (TPSA) is 56.7 Å². The highest BCUT2D eigenvalue weighted by Crippen LogP contribution is 2.33. The number of fused-ring (bicyclic) bond motifs is 1. The number of piperidine rings is 2. The van der Waals surface area contributed by atoms with Gasteiger partial charge in [-0.25, -0.2) is 4.98 Å². The zero-order valence-electron chi connectivity index (χ0n) is 21.3. The van der Waals surface area contributed by atoms with Crippen molar-refractivity contribution in [2.75, 3.05) is 32.8 Å². The fourth-order valence-electron chi connectivity index (χ4n) is 5.92. The molecule has 5 rings (SSSR count). The average Bonchev–Trinajstić information content (AvgIpc) is 2.94. The summed E-state index contributed by atoms with van der Waals surface area (Å²) in [5, 5.41) is 11.7. The second kappa shape index (κ2) is 11.6. The molecule has 2 atom stereocenters. The number of pyridine rings is 1. The summed E-state index contributed by atoms with van der Waals surface area (Å²) < 4.78 is 38.9. The number of carbonyl (C=O) groups is 1. The molecule has 2 aliphatic heterocycles. The van der Waals surface area contributed by atoms with E-state index >= 15 is 0 Å². The Balaban J connectivity index is 1.17. The molecule has 3 aromatic rings. The van der Waals surface area contributed by atoms with Gasteiger partial charge in [0.15, 0.2) is 0 Å². The summed E-state index contributed by atoms with van der Waals surface area (Å²) in [6, 6.07) is 13.0. The van der Waals surface area contributed by atoms with Crippen LogP contribution in [0.15, 0.2) is 48.5 Å². The molecule has 39 heavy (non-hydrogen) atoms. The summed E-state index contributed by atoms with van der Waals surface area (Å²) in [6.45, 7) is 3.11. The Bertz CT molecular complexity index is 1350. The lowest BCUT2D eigenvalue weighted by Crippen LogP contribution is -2.52. The van der Waals surface area contributed by atoms with Crippen molar-refractivity contribution in [1.29, 1.82) is 0 Å². The van der Waals surface area contributed by atoms with Crippen molar-refractivity contribution in [1.82, 2.24) is 14.8 Å². The number of aromatic nitrogens is 1. The van der Waals surface area contributed by atoms with E-state index in [1.165, 1.54) is 12.1 Å². The van der Waals surface area contributed by atoms with Gasteiger partial charge in [0.05, 0.1) is 15.6 Å². The zero-order chi connectivity index (χ0) is 27.7. The molecule has 3 heterocycles. The van der Waals surface area contributed by atoms with Crippen LogP contribution in [0.5, 0.6) is 0 Å². The summed E-state index contributed by atoms with van der Waals surface area (Å²) in [6.07, 6.45) is -1.01. The van der Waals surface area contributed by atoms with Crippen molar-refractivity contribution < 1.29 is 23.1 Å². The highest BCUT2D eigenvalue weighted by molar-refractivity contribution is 6.42. The van der Waals surface area contributed by atoms with Gasteiger partial charge >= 0.3 is 6.18 Å². The summed E-state index contributed by atoms with van der Waals surface area (Å²) in [5.74, 6) is 0.403. The van der Waals surface area contributed by atoms with Crippen LogP contribution in [0.4, 0.5) is 13.2 Å². The number of carbonyl (C=O) groups excluding carboxylic acids is 1. The molecule has 0 aliphatic carbocycles. The second-order valence-electron chi connectivity index (χ2n) is 10.6. The lowest BCUT2D eigenvalue weighted by molar-refractivity contribution is -0.140. The first kappa shape index (κ1) is 28.1. The Morgan fingerprint density at radius 3 is 2.41 bits per heavy atom. The molecule has 0 saturated carbocycles. The molecule has 10 heteroatoms. The predicted molar refractivity (Wildman–Crippen MR) is 146 cm³/mol. The third kappa shape index (κ3) is 6.35. The monoisotopic (exact) mass is 579 g/mol. The van der Waals surface area contributed by atoms with Gasteiger partial charge in [-0.05, 0) is 86.0 Å². The highest BCUT2D eigenvalue weighted by Gasteiger charge is 2.35. The first-order valence-electron chi connectivity index (χ1n) is 13.2. The molecule has 2 saturated heterocycles. The summed E-state index contributed by atoms with van der Waals surface area (Å²) >= 11 is 12.2. The number of alkyl halides is 3. The van der Waals surface area contributed by atoms with Crippen molar-refractivity contribution in [3.8, 4) is 0 Å². The maximum atomic E-state index is 13.2. The van der Waals surface area contributed by atoms with Crippen LogP contribution in [-0.2, 0) is 12.6 Å². The summed E-state index contributed by atoms with van der Waals surface area (Å²) in [7, 11) is 0. The first-order chi connectivity index (χ1) is 18.6. The Hall–Kier alpha value is -2.39. The van der Waals surface area contributed by atoms with E-state index in [2.05, 4.69) is 9.88 Å². The number of hydrogen-bond acceptors (Lipinski definition) is 4. The number of hydrogen-bond donors (Lipinski definition) is 1. The number of aliphatic hydroxyl groups excluding tert-OH is 1. The van der Waals surface area contributed by atoms with Crippen LogP contribution in [-0.4, -0.2) is 64.6 Å². The van der Waals surface area contributed by atoms with Crippen LogP contribution in [0.3, 0.4) is 0 Å². The van der Waals surface area contributed by atoms with Gasteiger partial charge in [-0.2, -0.15) is 13.2 Å². The van der Waals surface area contributed by atoms with Crippen LogP contribution >= 0.6 is 23.2 Å². The Morgan fingerprint density at radius 1 is 0.949 bits per heavy atom. The molecular formula is C29H30Cl2F3N3O2. The van der Waals surface area contributed by atoms with Crippen molar-refractivity contribution in [3.63, 3.8) is 0 Å². The quantitative estimate of drug-likeness (QED) is 0.383. The van der Waals surface area contributed by atoms with E-state index in [-0.39, 0.29) is 23.9 Å². The van der Waals surface area contributed by atoms with Gasteiger partial charge in [-0.3, -0.25) is 9.69 Å². The van der Waals surface area contributed by atoms with E-state index in [0.717, 1.165) is 50.4 Å². The largest absolute Gasteiger partial charge is 0.433 e. The number of rotatable bonds is 5. The van der Waals surface area contributed by atoms with E-state index in [9.17, 15) is 23.1 Å². The van der Waals surface area contributed by atoms with E-state index in [0.29, 0.717) is 46.0 Å². The third-order valence-corrected chi connectivity index (χ3v) is 8.87. The van der Waals surface area contributed by atoms with Gasteiger partial charge < -0.3 is 10.0 Å². The molecular weight excluding hydrogens is 550 g/mol. The van der Waals surface area contributed by atoms with Crippen molar-refractivity contribution in [2.45, 2.75) is 37.9 Å². The molecule has 2 fully saturated rings. The number of likely N-dealkylation sites (tertiary alicyclic amines) is 2. The molecule has 0 radical (unpaired) electrons. The Kier molecular flexibility index (Phi) is 8.38. The third-order valence-electron chi connectivity index (χ3n) is 8.13. The lowest BCUT2D eigenvalue weighted by atomic mass is 9.80. The van der Waals surface area contributed by atoms with E-state index in [1.807, 2.05) is 23.1 Å². The molecule has 2 aliphatic rings. The SMILES string of the molecule is O=C(c1ccc2nc(C(F)(F)F)ccc2c1)N1CCC(N2CCC(Cc3ccc(Cl)c(Cl)c3)[C@H](CO)C2)CC1. The van der Waals surface area contributed by atoms with Crippen LogP contribution < -0.4 is 0 Å². The molecule has 0 spiro atoms. The average molecular weight is 580 g/mol. The number of aliphatic hydroxyl groups is 1. The molecule has 1 aromatic heterocycles. The van der Waals surface area contributed by atoms with Crippen LogP contribution in [0.25, 0.3) is 10.9 Å². The fourth-order valence-corrected chi connectivity index (χ4v) is 6.24. The van der Waals surface area contributed by atoms with Gasteiger partial charge in [-0.15, -0.1) is 0 Å². The molecule has 1 amide bonds. The first-order valence-corrected chi connectivity index (χ1v) is 13.9. The van der Waals surface area contributed by atoms with Crippen LogP contribution in [0.1, 0.15) is 40.9 Å². The summed E-state index contributed by atoms with van der Waals surface area (Å²) in [4.78, 5) is 21.1. The van der Waals surface area contributed by atoms with E-state index in [4.69, 9.17) is 23.2 Å². The van der Waals surface area contributed by atoms with Gasteiger partial charge in [0.1, 0.15) is 5.69 Å². The smallest absolute Gasteiger partial charge is 0.396 e. The highest BCUT2D eigenvalue weighted by atomic mass is 35.5. The lowest BCUT2D eigenvalue weighted by Gasteiger charge is -2.44. The summed E-state index contributed by atoms with van der Waals surface area (Å²) in [5.41, 5.74) is 0.837. The molecule has 5 nitrogen and oxygen atoms in total. The Labute approximate surface area is 235 Å². The predicted octanol–water partition coefficient (Wildman–Crippen LogP) is 6.34. The number of benzene rings is 2. The fraction of sp³-hybridized carbons (Fsp3) is 0.448. The van der Waals surface area contributed by atoms with E-state index < -0.39 is 11.9 Å². The number of amides is 1. The van der Waals surface area contributed by atoms with E-state index in [1.54, 1.807) is 12.1 Å². The minimum Gasteiger partial charge on any atom is -0.396 e. The van der Waals surface area contributed by atoms with Gasteiger partial charge in [-0.1, -0.05) is 35.3 Å². The van der Waals surface area contributed by atoms with Crippen molar-refractivity contribution >= 4 is 40.0 Å². The zero-order valence-corrected chi connectivity index (χ0v) is 22.8. The second-order valence-corrected chi connectivity index (χ2v) is 11.4. The number of nitrogens with zero attached hydrogens (tertiary/aromatic N) is 3. The number of halogens is 5. The maximum absolute atomic E-state index is 13.2. The molecule has 0 bridgehead atoms. The molecule has 1 unspecified atom stereocenters. The molecule has 1 N–H and O–H groups in total. The van der Waals surface area contributed by atoms with Gasteiger partial charge in [0.2, 0.25) is 0 Å². The minimum atomic E-state index is -4.51. The maximum Gasteiger partial charge on any atom is 0.433 e. The standard InChI is InChI=1S/C29H30Cl2F3N3O2/c30-24-4-1-18(14-25(24)31)13-19-7-10-37(16-22(19)17-38)23-8-11-36(12-9-23)28(39)21-2-5-26-20(15-21)3-6-27(35-26)29(32,33)34/h1-6,14-15,19,22-23,38H,7-13,16-17H2/t19?,22-/m0/s1. The van der Waals surface area contributed by atoms with Gasteiger partial charge in [0.25, 0.3) is 5.91 Å². The minimum absolute atomic E-state index is 0.121. The van der Waals surface area contributed by atoms with Crippen molar-refractivity contribution in [2.24, 2.45) is 11.8 Å². The van der Waals surface area contributed by atoms with Crippen LogP contribution in [0, 0.1) is 11.8 Å². The Morgan fingerprint density at radius 2 is 1.72 bits per heavy atom. The van der Waals surface area contributed by atoms with Crippen LogP contribution in [0.2, 0.25) is 10.0 Å². The molecule has 208 valence electrons.